The molecular formula is C20H24FN3O3. The van der Waals surface area contributed by atoms with E-state index in [0.717, 1.165) is 25.9 Å². The van der Waals surface area contributed by atoms with Gasteiger partial charge < -0.3 is 19.0 Å². The summed E-state index contributed by atoms with van der Waals surface area (Å²) >= 11 is 0. The fraction of sp³-hybridized carbons (Fsp3) is 0.500. The molecule has 2 aliphatic rings. The number of aromatic nitrogens is 1. The Kier molecular flexibility index (Phi) is 5.38. The van der Waals surface area contributed by atoms with E-state index in [1.807, 2.05) is 4.90 Å². The highest BCUT2D eigenvalue weighted by atomic mass is 19.1. The molecular weight excluding hydrogens is 349 g/mol. The Morgan fingerprint density at radius 2 is 1.85 bits per heavy atom. The van der Waals surface area contributed by atoms with Gasteiger partial charge in [0.2, 0.25) is 5.89 Å². The second kappa shape index (κ2) is 8.08. The molecule has 0 aliphatic carbocycles. The van der Waals surface area contributed by atoms with Crippen LogP contribution >= 0.6 is 0 Å². The van der Waals surface area contributed by atoms with Crippen molar-refractivity contribution in [3.63, 3.8) is 0 Å². The summed E-state index contributed by atoms with van der Waals surface area (Å²) in [5.74, 6) is 0.438. The van der Waals surface area contributed by atoms with E-state index < -0.39 is 0 Å². The summed E-state index contributed by atoms with van der Waals surface area (Å²) in [5.41, 5.74) is 0.312. The van der Waals surface area contributed by atoms with Gasteiger partial charge in [-0.15, -0.1) is 0 Å². The maximum absolute atomic E-state index is 12.9. The number of oxazole rings is 1. The lowest BCUT2D eigenvalue weighted by atomic mass is 10.0. The molecule has 6 nitrogen and oxygen atoms in total. The molecule has 0 N–H and O–H groups in total. The molecule has 0 radical (unpaired) electrons. The van der Waals surface area contributed by atoms with Gasteiger partial charge >= 0.3 is 0 Å². The first kappa shape index (κ1) is 18.0. The van der Waals surface area contributed by atoms with E-state index in [1.54, 1.807) is 0 Å². The van der Waals surface area contributed by atoms with E-state index in [1.165, 1.54) is 56.5 Å². The first-order valence-electron chi connectivity index (χ1n) is 9.55. The minimum absolute atomic E-state index is 0.0911. The maximum Gasteiger partial charge on any atom is 0.275 e. The van der Waals surface area contributed by atoms with Crippen LogP contribution in [-0.4, -0.2) is 52.9 Å². The molecule has 0 bridgehead atoms. The number of benzene rings is 1. The minimum atomic E-state index is -0.320. The van der Waals surface area contributed by atoms with Crippen molar-refractivity contribution in [1.82, 2.24) is 14.8 Å². The van der Waals surface area contributed by atoms with Crippen LogP contribution in [0.2, 0.25) is 0 Å². The van der Waals surface area contributed by atoms with E-state index in [2.05, 4.69) is 9.88 Å². The zero-order valence-corrected chi connectivity index (χ0v) is 15.3. The van der Waals surface area contributed by atoms with Crippen LogP contribution in [0.5, 0.6) is 5.75 Å². The zero-order chi connectivity index (χ0) is 18.6. The fourth-order valence-corrected chi connectivity index (χ4v) is 3.85. The fourth-order valence-electron chi connectivity index (χ4n) is 3.85. The SMILES string of the molecule is O=C(c1coc(COc2ccc(F)cc2)n1)N1CCC(N2CCCC2)CC1. The zero-order valence-electron chi connectivity index (χ0n) is 15.3. The van der Waals surface area contributed by atoms with E-state index in [9.17, 15) is 9.18 Å². The van der Waals surface area contributed by atoms with Crippen LogP contribution in [-0.2, 0) is 6.61 Å². The number of carbonyl (C=O) groups is 1. The van der Waals surface area contributed by atoms with Crippen molar-refractivity contribution in [2.75, 3.05) is 26.2 Å². The van der Waals surface area contributed by atoms with Gasteiger partial charge in [-0.3, -0.25) is 4.79 Å². The van der Waals surface area contributed by atoms with E-state index in [0.29, 0.717) is 23.4 Å². The van der Waals surface area contributed by atoms with Crippen molar-refractivity contribution >= 4 is 5.91 Å². The predicted molar refractivity (Wildman–Crippen MR) is 97.0 cm³/mol. The summed E-state index contributed by atoms with van der Waals surface area (Å²) in [5, 5.41) is 0. The number of hydrogen-bond donors (Lipinski definition) is 0. The van der Waals surface area contributed by atoms with Crippen molar-refractivity contribution in [2.24, 2.45) is 0 Å². The molecule has 0 atom stereocenters. The Hall–Kier alpha value is -2.41. The van der Waals surface area contributed by atoms with Crippen LogP contribution in [0.25, 0.3) is 0 Å². The Bertz CT molecular complexity index is 763. The van der Waals surface area contributed by atoms with E-state index in [4.69, 9.17) is 9.15 Å². The Morgan fingerprint density at radius 1 is 1.15 bits per heavy atom. The van der Waals surface area contributed by atoms with Gasteiger partial charge in [-0.2, -0.15) is 0 Å². The van der Waals surface area contributed by atoms with Crippen LogP contribution in [0.15, 0.2) is 34.9 Å². The van der Waals surface area contributed by atoms with E-state index >= 15 is 0 Å². The van der Waals surface area contributed by atoms with Gasteiger partial charge in [0.1, 0.15) is 17.8 Å². The molecule has 2 fully saturated rings. The summed E-state index contributed by atoms with van der Waals surface area (Å²) < 4.78 is 23.8. The number of halogens is 1. The van der Waals surface area contributed by atoms with Crippen molar-refractivity contribution < 1.29 is 18.3 Å². The van der Waals surface area contributed by atoms with Gasteiger partial charge in [0.05, 0.1) is 0 Å². The Morgan fingerprint density at radius 3 is 2.56 bits per heavy atom. The number of nitrogens with zero attached hydrogens (tertiary/aromatic N) is 3. The monoisotopic (exact) mass is 373 g/mol. The molecule has 2 aromatic rings. The molecule has 0 saturated carbocycles. The second-order valence-corrected chi connectivity index (χ2v) is 7.14. The van der Waals surface area contributed by atoms with E-state index in [-0.39, 0.29) is 18.3 Å². The summed E-state index contributed by atoms with van der Waals surface area (Å²) in [7, 11) is 0. The molecule has 144 valence electrons. The standard InChI is InChI=1S/C20H24FN3O3/c21-15-3-5-17(6-4-15)26-14-19-22-18(13-27-19)20(25)24-11-7-16(8-12-24)23-9-1-2-10-23/h3-6,13,16H,1-2,7-12,14H2. The topological polar surface area (TPSA) is 58.8 Å². The number of piperidine rings is 1. The lowest BCUT2D eigenvalue weighted by Crippen LogP contribution is -2.46. The van der Waals surface area contributed by atoms with Crippen LogP contribution in [0.4, 0.5) is 4.39 Å². The molecule has 1 aromatic heterocycles. The lowest BCUT2D eigenvalue weighted by molar-refractivity contribution is 0.0638. The molecule has 7 heteroatoms. The number of likely N-dealkylation sites (tertiary alicyclic amines) is 2. The normalized spacial score (nSPS) is 18.8. The predicted octanol–water partition coefficient (Wildman–Crippen LogP) is 3.09. The van der Waals surface area contributed by atoms with Gasteiger partial charge in [-0.1, -0.05) is 0 Å². The number of ether oxygens (including phenoxy) is 1. The summed E-state index contributed by atoms with van der Waals surface area (Å²) in [6, 6.07) is 6.33. The second-order valence-electron chi connectivity index (χ2n) is 7.14. The number of rotatable bonds is 5. The molecule has 0 unspecified atom stereocenters. The number of amides is 1. The minimum Gasteiger partial charge on any atom is -0.484 e. The van der Waals surface area contributed by atoms with Crippen LogP contribution in [0, 0.1) is 5.82 Å². The Balaban J connectivity index is 1.29. The third-order valence-electron chi connectivity index (χ3n) is 5.36. The lowest BCUT2D eigenvalue weighted by Gasteiger charge is -2.36. The molecule has 2 aliphatic heterocycles. The van der Waals surface area contributed by atoms with Crippen LogP contribution < -0.4 is 4.74 Å². The summed E-state index contributed by atoms with van der Waals surface area (Å²) in [6.45, 7) is 4.00. The summed E-state index contributed by atoms with van der Waals surface area (Å²) in [6.07, 6.45) is 6.01. The molecule has 27 heavy (non-hydrogen) atoms. The third kappa shape index (κ3) is 4.30. The molecule has 3 heterocycles. The highest BCUT2D eigenvalue weighted by Crippen LogP contribution is 2.22. The Labute approximate surface area is 157 Å². The number of hydrogen-bond acceptors (Lipinski definition) is 5. The van der Waals surface area contributed by atoms with Gasteiger partial charge in [0.25, 0.3) is 5.91 Å². The maximum atomic E-state index is 12.9. The van der Waals surface area contributed by atoms with Crippen LogP contribution in [0.3, 0.4) is 0 Å². The van der Waals surface area contributed by atoms with Crippen molar-refractivity contribution in [1.29, 1.82) is 0 Å². The third-order valence-corrected chi connectivity index (χ3v) is 5.36. The van der Waals surface area contributed by atoms with Gasteiger partial charge in [-0.05, 0) is 63.0 Å². The first-order valence-corrected chi connectivity index (χ1v) is 9.55. The highest BCUT2D eigenvalue weighted by Gasteiger charge is 2.29. The summed E-state index contributed by atoms with van der Waals surface area (Å²) in [4.78, 5) is 21.3. The quantitative estimate of drug-likeness (QED) is 0.806. The molecule has 4 rings (SSSR count). The largest absolute Gasteiger partial charge is 0.484 e. The smallest absolute Gasteiger partial charge is 0.275 e. The van der Waals surface area contributed by atoms with Crippen molar-refractivity contribution in [2.45, 2.75) is 38.3 Å². The van der Waals surface area contributed by atoms with Gasteiger partial charge in [0, 0.05) is 19.1 Å². The average molecular weight is 373 g/mol. The highest BCUT2D eigenvalue weighted by molar-refractivity contribution is 5.92. The van der Waals surface area contributed by atoms with Crippen LogP contribution in [0.1, 0.15) is 42.1 Å². The number of carbonyl (C=O) groups excluding carboxylic acids is 1. The average Bonchev–Trinajstić information content (AvgIpc) is 3.39. The van der Waals surface area contributed by atoms with Crippen molar-refractivity contribution in [3.05, 3.63) is 47.9 Å². The van der Waals surface area contributed by atoms with Gasteiger partial charge in [0.15, 0.2) is 12.3 Å². The van der Waals surface area contributed by atoms with Crippen molar-refractivity contribution in [3.8, 4) is 5.75 Å². The van der Waals surface area contributed by atoms with Gasteiger partial charge in [-0.25, -0.2) is 9.37 Å². The first-order chi connectivity index (χ1) is 13.2. The molecule has 1 amide bonds. The molecule has 1 aromatic carbocycles. The molecule has 0 spiro atoms. The molecule has 2 saturated heterocycles.